The lowest BCUT2D eigenvalue weighted by atomic mass is 9.90. The molecule has 0 spiro atoms. The zero-order chi connectivity index (χ0) is 93.4. The Morgan fingerprint density at radius 3 is 1.76 bits per heavy atom. The number of nitrogens with one attached hydrogen (secondary N) is 11. The Bertz CT molecular complexity index is 4350. The molecule has 6 aromatic rings. The van der Waals surface area contributed by atoms with E-state index >= 15 is 4.39 Å². The van der Waals surface area contributed by atoms with Crippen LogP contribution in [0.4, 0.5) is 4.39 Å². The Balaban J connectivity index is 0.896. The number of halogens is 1. The van der Waals surface area contributed by atoms with Gasteiger partial charge in [-0.25, -0.2) is 9.37 Å². The molecule has 708 valence electrons. The Morgan fingerprint density at radius 2 is 1.19 bits per heavy atom. The van der Waals surface area contributed by atoms with E-state index in [1.807, 2.05) is 55.6 Å². The van der Waals surface area contributed by atoms with E-state index in [0.29, 0.717) is 136 Å². The third-order valence-corrected chi connectivity index (χ3v) is 19.9. The topological polar surface area (TPSA) is 557 Å². The van der Waals surface area contributed by atoms with E-state index in [2.05, 4.69) is 110 Å². The monoisotopic (exact) mass is 1800 g/mol. The fourth-order valence-electron chi connectivity index (χ4n) is 12.7. The van der Waals surface area contributed by atoms with Gasteiger partial charge in [0, 0.05) is 56.9 Å². The molecule has 0 fully saturated rings. The second kappa shape index (κ2) is 56.4. The maximum atomic E-state index is 15.5. The summed E-state index contributed by atoms with van der Waals surface area (Å²) in [5.74, 6) is -11.5. The molecule has 128 heavy (non-hydrogen) atoms. The van der Waals surface area contributed by atoms with Crippen LogP contribution in [-0.2, 0) is 131 Å². The number of aromatic nitrogens is 9. The number of unbranched alkanes of at least 4 members (excludes halogenated alkanes) is 1. The molecule has 3 aromatic heterocycles. The van der Waals surface area contributed by atoms with Crippen molar-refractivity contribution < 1.29 is 115 Å². The molecule has 0 saturated heterocycles. The molecule has 0 unspecified atom stereocenters. The van der Waals surface area contributed by atoms with Crippen molar-refractivity contribution in [2.24, 2.45) is 10.8 Å². The number of carbonyl (C=O) groups is 10. The summed E-state index contributed by atoms with van der Waals surface area (Å²) < 4.78 is 68.1. The minimum absolute atomic E-state index is 0.0519. The molecule has 0 bridgehead atoms. The highest BCUT2D eigenvalue weighted by Crippen LogP contribution is 2.30. The number of aromatic amines is 2. The average molecular weight is 1800 g/mol. The number of aliphatic hydroxyl groups is 3. The number of amides is 9. The van der Waals surface area contributed by atoms with E-state index < -0.39 is 157 Å². The van der Waals surface area contributed by atoms with Crippen molar-refractivity contribution in [2.75, 3.05) is 125 Å². The number of carbonyl (C=O) groups excluding carboxylic acids is 9. The van der Waals surface area contributed by atoms with Gasteiger partial charge in [0.05, 0.1) is 150 Å². The van der Waals surface area contributed by atoms with Gasteiger partial charge in [0.15, 0.2) is 5.82 Å². The van der Waals surface area contributed by atoms with Crippen molar-refractivity contribution >= 4 is 59.1 Å². The van der Waals surface area contributed by atoms with Gasteiger partial charge < -0.3 is 116 Å². The van der Waals surface area contributed by atoms with Gasteiger partial charge in [0.1, 0.15) is 58.4 Å². The number of aliphatic hydroxyl groups excluding tert-OH is 3. The lowest BCUT2D eigenvalue weighted by Gasteiger charge is -2.34. The van der Waals surface area contributed by atoms with Gasteiger partial charge in [-0.2, -0.15) is 5.21 Å². The largest absolute Gasteiger partial charge is 0.494 e. The second-order valence-corrected chi connectivity index (χ2v) is 32.5. The molecule has 6 rings (SSSR count). The molecule has 0 aliphatic carbocycles. The predicted molar refractivity (Wildman–Crippen MR) is 460 cm³/mol. The first kappa shape index (κ1) is 106. The summed E-state index contributed by atoms with van der Waals surface area (Å²) >= 11 is 0. The normalized spacial score (nSPS) is 14.0. The number of nitrogens with zero attached hydrogens (tertiary/aromatic N) is 7. The highest BCUT2D eigenvalue weighted by molar-refractivity contribution is 6.06. The van der Waals surface area contributed by atoms with Crippen LogP contribution < -0.4 is 52.6 Å². The number of ether oxygens (including phenoxy) is 9. The summed E-state index contributed by atoms with van der Waals surface area (Å²) in [4.78, 5) is 144. The molecule has 0 saturated carbocycles. The molecule has 0 aliphatic rings. The van der Waals surface area contributed by atoms with Crippen molar-refractivity contribution in [1.29, 1.82) is 0 Å². The summed E-state index contributed by atoms with van der Waals surface area (Å²) in [7, 11) is 0. The van der Waals surface area contributed by atoms with Crippen LogP contribution in [0.5, 0.6) is 5.75 Å². The quantitative estimate of drug-likeness (QED) is 0.0185. The van der Waals surface area contributed by atoms with E-state index in [1.165, 1.54) is 38.4 Å². The summed E-state index contributed by atoms with van der Waals surface area (Å²) in [5, 5.41) is 85.5. The summed E-state index contributed by atoms with van der Waals surface area (Å²) in [6.45, 7) is 23.1. The van der Waals surface area contributed by atoms with Gasteiger partial charge in [0.25, 0.3) is 0 Å². The molecule has 42 heteroatoms. The Morgan fingerprint density at radius 1 is 0.586 bits per heavy atom. The lowest BCUT2D eigenvalue weighted by molar-refractivity contribution is -0.143. The maximum Gasteiger partial charge on any atom is 0.305 e. The number of hydrogen-bond donors (Lipinski definition) is 15. The number of benzene rings is 3. The van der Waals surface area contributed by atoms with Crippen LogP contribution >= 0.6 is 0 Å². The lowest BCUT2D eigenvalue weighted by Crippen LogP contribution is -2.67. The van der Waals surface area contributed by atoms with E-state index in [4.69, 9.17) is 42.6 Å². The van der Waals surface area contributed by atoms with Crippen LogP contribution in [-0.4, -0.2) is 305 Å². The molecule has 9 amide bonds. The smallest absolute Gasteiger partial charge is 0.305 e. The first-order valence-electron chi connectivity index (χ1n) is 42.9. The highest BCUT2D eigenvalue weighted by Gasteiger charge is 2.43. The molecule has 3 aromatic carbocycles. The second-order valence-electron chi connectivity index (χ2n) is 32.5. The fraction of sp³-hybridized carbons (Fsp3) is 0.605. The van der Waals surface area contributed by atoms with Crippen molar-refractivity contribution in [3.8, 4) is 16.9 Å². The number of imidazole rings is 1. The maximum absolute atomic E-state index is 15.5. The number of aliphatic carboxylic acids is 1. The molecule has 41 nitrogen and oxygen atoms in total. The third kappa shape index (κ3) is 39.3. The fourth-order valence-corrected chi connectivity index (χ4v) is 12.7. The van der Waals surface area contributed by atoms with Crippen LogP contribution in [0.1, 0.15) is 135 Å². The van der Waals surface area contributed by atoms with E-state index in [-0.39, 0.29) is 24.4 Å². The van der Waals surface area contributed by atoms with Gasteiger partial charge in [0.2, 0.25) is 53.2 Å². The number of carboxylic acids is 1. The summed E-state index contributed by atoms with van der Waals surface area (Å²) in [6, 6.07) is 8.76. The van der Waals surface area contributed by atoms with E-state index in [0.717, 1.165) is 92.8 Å². The zero-order valence-electron chi connectivity index (χ0n) is 74.7. The van der Waals surface area contributed by atoms with Crippen molar-refractivity contribution in [3.63, 3.8) is 0 Å². The number of carboxylic acid groups (broad SMARTS) is 1. The summed E-state index contributed by atoms with van der Waals surface area (Å²) in [6.07, 6.45) is 4.34. The van der Waals surface area contributed by atoms with Gasteiger partial charge in [-0.15, -0.1) is 15.3 Å². The van der Waals surface area contributed by atoms with Crippen molar-refractivity contribution in [2.45, 2.75) is 201 Å². The zero-order valence-corrected chi connectivity index (χ0v) is 74.7. The number of rotatable bonds is 65. The first-order chi connectivity index (χ1) is 61.2. The molecule has 3 heterocycles. The Labute approximate surface area is 743 Å². The summed E-state index contributed by atoms with van der Waals surface area (Å²) in [5.41, 5.74) is 1.23. The van der Waals surface area contributed by atoms with Gasteiger partial charge >= 0.3 is 5.97 Å². The molecule has 15 N–H and O–H groups in total. The molecule has 0 radical (unpaired) electrons. The molecular formula is C86H129FN18O23. The third-order valence-electron chi connectivity index (χ3n) is 19.9. The Hall–Kier alpha value is -10.9. The first-order valence-corrected chi connectivity index (χ1v) is 42.9. The molecule has 0 aliphatic heterocycles. The van der Waals surface area contributed by atoms with Crippen LogP contribution in [0.25, 0.3) is 11.1 Å². The minimum atomic E-state index is -2.35. The van der Waals surface area contributed by atoms with Crippen LogP contribution in [0.3, 0.4) is 0 Å². The predicted octanol–water partition coefficient (Wildman–Crippen LogP) is 0.762. The van der Waals surface area contributed by atoms with Crippen molar-refractivity contribution in [3.05, 3.63) is 125 Å². The van der Waals surface area contributed by atoms with Gasteiger partial charge in [-0.3, -0.25) is 52.6 Å². The van der Waals surface area contributed by atoms with Crippen molar-refractivity contribution in [1.82, 2.24) is 93.4 Å². The number of tetrazole rings is 1. The number of aryl methyl sites for hydroxylation is 2. The van der Waals surface area contributed by atoms with Crippen LogP contribution in [0, 0.1) is 16.6 Å². The van der Waals surface area contributed by atoms with Crippen LogP contribution in [0.15, 0.2) is 85.5 Å². The highest BCUT2D eigenvalue weighted by atomic mass is 19.1. The minimum Gasteiger partial charge on any atom is -0.494 e. The molecular weight excluding hydrogens is 1670 g/mol. The standard InChI is InChI=1S/C86H129FN18O23/c1-11-60-46-65(128-30-15-14-28-105-52-64(99-104-105)54-127-44-43-126-42-41-125-40-39-124-38-37-123-36-35-122-34-33-121-32-31-120-29-16-26-84(5,6)7)23-24-66(60)61-21-19-59(20-22-61)45-56(2)92-77(113)69(48-73(110)111)93-78(114)70(53-106)94-79(115)74(57(3)107)97-83(119)86(10,49-62-17-12-13-18-67(62)87)98-80(116)75(58(4)108)96-72(109)51-90-76(112)68(47-71-100-102-103-101-71)95-82(118)85(8,9)81(117)89-27-25-63-50-88-55-91-63/h12-13,17-24,46,50,52,55-58,68-70,74-75,106-108H,11,14-16,25-45,47-49,51,53-54H2,1-10H3,(H,88,91)(H,89,117)(H,90,112)(H,92,113)(H,93,114)(H,94,115)(H,95,118)(H,96,109)(H,97,119)(H,98,116)(H,110,111)(H,100,101,102,103)/t56-,57-,58-,68+,69+,70+,74+,75+,86-/m1/s1. The number of H-pyrrole nitrogens is 2. The Kier molecular flexibility index (Phi) is 46.6. The van der Waals surface area contributed by atoms with Crippen LogP contribution in [0.2, 0.25) is 0 Å². The molecule has 9 atom stereocenters. The van der Waals surface area contributed by atoms with E-state index in [1.54, 1.807) is 17.8 Å². The average Bonchev–Trinajstić information content (AvgIpc) is 1.64. The van der Waals surface area contributed by atoms with Gasteiger partial charge in [-0.05, 0) is 131 Å². The SMILES string of the molecule is CCc1cc(OCCCCn2cc(COCCOCCOCCOCCOCCOCCOCCOCCCC(C)(C)C)nn2)ccc1-c1ccc(C[C@@H](C)NC(=O)[C@H](CC(=O)O)NC(=O)[C@H](CO)NC(=O)[C@@H](NC(=O)[C@@](C)(Cc2ccccc2F)NC(=O)[C@@H](NC(=O)CNC(=O)[C@H](Cc2nn[nH]n2)NC(=O)C(C)(C)C(=O)NCCc2cnc[nH]2)[C@@H](C)O)[C@@H](C)O)cc1. The van der Waals surface area contributed by atoms with Gasteiger partial charge in [-0.1, -0.05) is 86.7 Å². The van der Waals surface area contributed by atoms with E-state index in [9.17, 15) is 68.4 Å². The number of hydrogen-bond acceptors (Lipinski definition) is 28.